The van der Waals surface area contributed by atoms with Crippen molar-refractivity contribution in [2.24, 2.45) is 0 Å². The van der Waals surface area contributed by atoms with E-state index in [1.165, 1.54) is 6.20 Å². The Morgan fingerprint density at radius 3 is 2.70 bits per heavy atom. The highest BCUT2D eigenvalue weighted by Crippen LogP contribution is 2.33. The third-order valence-corrected chi connectivity index (χ3v) is 7.54. The number of hydrogen-bond donors (Lipinski definition) is 2. The third kappa shape index (κ3) is 6.51. The van der Waals surface area contributed by atoms with Crippen LogP contribution in [0.4, 0.5) is 22.1 Å². The number of likely N-dealkylation sites (tertiary alicyclic amines) is 1. The summed E-state index contributed by atoms with van der Waals surface area (Å²) in [6.07, 6.45) is 3.54. The van der Waals surface area contributed by atoms with Crippen LogP contribution in [-0.4, -0.2) is 87.7 Å². The normalized spacial score (nSPS) is 19.0. The number of carbonyl (C=O) groups excluding carboxylic acids is 1. The molecule has 0 bridgehead atoms. The van der Waals surface area contributed by atoms with Crippen LogP contribution in [0.1, 0.15) is 48.4 Å². The van der Waals surface area contributed by atoms with E-state index < -0.39 is 6.29 Å². The van der Waals surface area contributed by atoms with Gasteiger partial charge in [0.1, 0.15) is 23.4 Å². The number of pyridine rings is 2. The van der Waals surface area contributed by atoms with Crippen molar-refractivity contribution < 1.29 is 23.7 Å². The zero-order valence-corrected chi connectivity index (χ0v) is 23.9. The van der Waals surface area contributed by atoms with E-state index >= 15 is 0 Å². The molecule has 0 aromatic carbocycles. The van der Waals surface area contributed by atoms with Gasteiger partial charge in [-0.2, -0.15) is 5.26 Å². The zero-order valence-electron chi connectivity index (χ0n) is 23.9. The molecule has 216 valence electrons. The zero-order chi connectivity index (χ0) is 28.6. The van der Waals surface area contributed by atoms with Gasteiger partial charge in [0.2, 0.25) is 6.29 Å². The van der Waals surface area contributed by atoms with Crippen molar-refractivity contribution >= 4 is 23.4 Å². The summed E-state index contributed by atoms with van der Waals surface area (Å²) in [5.41, 5.74) is 3.61. The molecule has 2 atom stereocenters. The summed E-state index contributed by atoms with van der Waals surface area (Å²) >= 11 is 0. The van der Waals surface area contributed by atoms with E-state index in [0.29, 0.717) is 54.8 Å². The Kier molecular flexibility index (Phi) is 10.2. The van der Waals surface area contributed by atoms with E-state index in [2.05, 4.69) is 39.6 Å². The number of nitriles is 1. The van der Waals surface area contributed by atoms with Crippen LogP contribution < -0.4 is 15.5 Å². The van der Waals surface area contributed by atoms with Crippen molar-refractivity contribution in [1.29, 1.82) is 5.26 Å². The fraction of sp³-hybridized carbons (Fsp3) is 0.571. The van der Waals surface area contributed by atoms with Crippen molar-refractivity contribution in [3.05, 3.63) is 40.7 Å². The topological polar surface area (TPSA) is 134 Å². The van der Waals surface area contributed by atoms with Crippen LogP contribution in [-0.2, 0) is 31.9 Å². The average Bonchev–Trinajstić information content (AvgIpc) is 3.32. The van der Waals surface area contributed by atoms with Gasteiger partial charge in [-0.15, -0.1) is 0 Å². The van der Waals surface area contributed by atoms with Gasteiger partial charge in [-0.05, 0) is 43.4 Å². The Labute approximate surface area is 235 Å². The quantitative estimate of drug-likeness (QED) is 0.315. The summed E-state index contributed by atoms with van der Waals surface area (Å²) in [7, 11) is 6.53. The number of aryl methyl sites for hydroxylation is 1. The standard InChI is InChI=1S/C28H39N7O5/c1-18-23(38-3)8-11-34(18)17-20-13-19-7-6-10-35(26(19)33-25(20)27(39-4)40-5)28(36)32-24-14-22(30-9-12-37-2)21(15-29)16-31-24/h13-14,16,18,23,27H,6-12,17H2,1-5H3,(H2,30,31,32,36). The molecule has 0 radical (unpaired) electrons. The number of ether oxygens (including phenoxy) is 4. The van der Waals surface area contributed by atoms with Gasteiger partial charge in [-0.3, -0.25) is 15.1 Å². The van der Waals surface area contributed by atoms with E-state index in [9.17, 15) is 10.1 Å². The fourth-order valence-electron chi connectivity index (χ4n) is 5.36. The molecule has 0 saturated carbocycles. The molecule has 2 aromatic rings. The first-order valence-electron chi connectivity index (χ1n) is 13.5. The number of rotatable bonds is 11. The maximum atomic E-state index is 13.5. The second-order valence-corrected chi connectivity index (χ2v) is 9.92. The Bertz CT molecular complexity index is 1220. The van der Waals surface area contributed by atoms with Crippen LogP contribution in [0.25, 0.3) is 0 Å². The number of amides is 2. The van der Waals surface area contributed by atoms with Crippen molar-refractivity contribution in [1.82, 2.24) is 14.9 Å². The lowest BCUT2D eigenvalue weighted by molar-refractivity contribution is -0.109. The molecule has 2 N–H and O–H groups in total. The maximum Gasteiger partial charge on any atom is 0.328 e. The van der Waals surface area contributed by atoms with E-state index in [1.807, 2.05) is 0 Å². The minimum Gasteiger partial charge on any atom is -0.383 e. The van der Waals surface area contributed by atoms with Gasteiger partial charge < -0.3 is 24.3 Å². The van der Waals surface area contributed by atoms with Gasteiger partial charge in [0.05, 0.1) is 24.0 Å². The van der Waals surface area contributed by atoms with Gasteiger partial charge in [-0.25, -0.2) is 14.8 Å². The molecule has 4 rings (SSSR count). The Morgan fingerprint density at radius 1 is 1.23 bits per heavy atom. The fourth-order valence-corrected chi connectivity index (χ4v) is 5.36. The lowest BCUT2D eigenvalue weighted by atomic mass is 10.0. The molecular weight excluding hydrogens is 514 g/mol. The molecule has 4 heterocycles. The molecule has 0 aliphatic carbocycles. The van der Waals surface area contributed by atoms with Crippen molar-refractivity contribution in [3.8, 4) is 6.07 Å². The SMILES string of the molecule is COCCNc1cc(NC(=O)N2CCCc3cc(CN4CCC(OC)C4C)c(C(OC)OC)nc32)ncc1C#N. The summed E-state index contributed by atoms with van der Waals surface area (Å²) in [6, 6.07) is 5.81. The predicted molar refractivity (Wildman–Crippen MR) is 150 cm³/mol. The van der Waals surface area contributed by atoms with Gasteiger partial charge >= 0.3 is 6.03 Å². The number of nitrogens with one attached hydrogen (secondary N) is 2. The Hall–Kier alpha value is -3.34. The first kappa shape index (κ1) is 29.6. The highest BCUT2D eigenvalue weighted by Gasteiger charge is 2.33. The largest absolute Gasteiger partial charge is 0.383 e. The Morgan fingerprint density at radius 2 is 2.02 bits per heavy atom. The summed E-state index contributed by atoms with van der Waals surface area (Å²) in [5, 5.41) is 15.4. The van der Waals surface area contributed by atoms with Crippen molar-refractivity contribution in [2.45, 2.75) is 51.2 Å². The molecule has 1 fully saturated rings. The molecule has 12 nitrogen and oxygen atoms in total. The van der Waals surface area contributed by atoms with E-state index in [-0.39, 0.29) is 18.2 Å². The lowest BCUT2D eigenvalue weighted by Gasteiger charge is -2.31. The summed E-state index contributed by atoms with van der Waals surface area (Å²) < 4.78 is 22.0. The van der Waals surface area contributed by atoms with E-state index in [1.54, 1.807) is 39.4 Å². The number of aromatic nitrogens is 2. The molecule has 2 amide bonds. The van der Waals surface area contributed by atoms with Crippen LogP contribution in [0.5, 0.6) is 0 Å². The number of urea groups is 1. The number of anilines is 3. The van der Waals surface area contributed by atoms with E-state index in [4.69, 9.17) is 23.9 Å². The average molecular weight is 554 g/mol. The number of nitrogens with zero attached hydrogens (tertiary/aromatic N) is 5. The number of methoxy groups -OCH3 is 4. The van der Waals surface area contributed by atoms with Gasteiger partial charge in [0, 0.05) is 72.9 Å². The first-order chi connectivity index (χ1) is 19.4. The molecule has 12 heteroatoms. The highest BCUT2D eigenvalue weighted by molar-refractivity contribution is 6.01. The number of carbonyl (C=O) groups is 1. The second kappa shape index (κ2) is 13.8. The number of hydrogen-bond acceptors (Lipinski definition) is 10. The first-order valence-corrected chi connectivity index (χ1v) is 13.5. The van der Waals surface area contributed by atoms with E-state index in [0.717, 1.165) is 36.9 Å². The van der Waals surface area contributed by atoms with Crippen LogP contribution in [0.3, 0.4) is 0 Å². The minimum absolute atomic E-state index is 0.195. The van der Waals surface area contributed by atoms with Crippen molar-refractivity contribution in [3.63, 3.8) is 0 Å². The lowest BCUT2D eigenvalue weighted by Crippen LogP contribution is -2.40. The molecule has 2 aliphatic heterocycles. The van der Waals surface area contributed by atoms with Crippen LogP contribution in [0, 0.1) is 11.3 Å². The minimum atomic E-state index is -0.677. The summed E-state index contributed by atoms with van der Waals surface area (Å²) in [6.45, 7) is 5.28. The maximum absolute atomic E-state index is 13.5. The van der Waals surface area contributed by atoms with Crippen molar-refractivity contribution in [2.75, 3.05) is 70.2 Å². The van der Waals surface area contributed by atoms with Crippen LogP contribution in [0.15, 0.2) is 18.3 Å². The van der Waals surface area contributed by atoms with Crippen LogP contribution in [0.2, 0.25) is 0 Å². The van der Waals surface area contributed by atoms with Gasteiger partial charge in [0.25, 0.3) is 0 Å². The predicted octanol–water partition coefficient (Wildman–Crippen LogP) is 3.29. The number of fused-ring (bicyclic) bond motifs is 1. The summed E-state index contributed by atoms with van der Waals surface area (Å²) in [4.78, 5) is 26.7. The molecule has 2 unspecified atom stereocenters. The highest BCUT2D eigenvalue weighted by atomic mass is 16.7. The van der Waals surface area contributed by atoms with Crippen LogP contribution >= 0.6 is 0 Å². The van der Waals surface area contributed by atoms with Gasteiger partial charge in [-0.1, -0.05) is 0 Å². The van der Waals surface area contributed by atoms with Gasteiger partial charge in [0.15, 0.2) is 0 Å². The molecule has 2 aromatic heterocycles. The smallest absolute Gasteiger partial charge is 0.328 e. The molecule has 1 saturated heterocycles. The second-order valence-electron chi connectivity index (χ2n) is 9.92. The molecular formula is C28H39N7O5. The molecule has 0 spiro atoms. The molecule has 40 heavy (non-hydrogen) atoms. The molecule has 2 aliphatic rings. The Balaban J connectivity index is 1.60. The summed E-state index contributed by atoms with van der Waals surface area (Å²) in [5.74, 6) is 0.910. The monoisotopic (exact) mass is 553 g/mol. The third-order valence-electron chi connectivity index (χ3n) is 7.54.